The van der Waals surface area contributed by atoms with Gasteiger partial charge in [0.25, 0.3) is 0 Å². The van der Waals surface area contributed by atoms with Crippen LogP contribution in [0.15, 0.2) is 65.1 Å². The van der Waals surface area contributed by atoms with E-state index in [0.717, 1.165) is 12.1 Å². The summed E-state index contributed by atoms with van der Waals surface area (Å²) in [5.74, 6) is 0.0323. The molecule has 130 valence electrons. The highest BCUT2D eigenvalue weighted by Gasteiger charge is 2.30. The van der Waals surface area contributed by atoms with Gasteiger partial charge >= 0.3 is 6.18 Å². The van der Waals surface area contributed by atoms with E-state index in [0.29, 0.717) is 5.56 Å². The fourth-order valence-electron chi connectivity index (χ4n) is 2.41. The first kappa shape index (κ1) is 17.5. The Kier molecular flexibility index (Phi) is 4.63. The number of hydrogen-bond acceptors (Lipinski definition) is 2. The molecule has 0 fully saturated rings. The van der Waals surface area contributed by atoms with Crippen molar-refractivity contribution in [1.29, 1.82) is 5.26 Å². The minimum absolute atomic E-state index is 0.175. The summed E-state index contributed by atoms with van der Waals surface area (Å²) < 4.78 is 57.3. The minimum Gasteiger partial charge on any atom is -0.457 e. The number of rotatable bonds is 3. The van der Waals surface area contributed by atoms with Gasteiger partial charge in [-0.2, -0.15) is 18.4 Å². The molecule has 0 bridgehead atoms. The summed E-state index contributed by atoms with van der Waals surface area (Å²) in [4.78, 5) is 0. The second kappa shape index (κ2) is 6.89. The lowest BCUT2D eigenvalue weighted by Gasteiger charge is -2.07. The van der Waals surface area contributed by atoms with Crippen LogP contribution in [-0.4, -0.2) is 0 Å². The van der Waals surface area contributed by atoms with Crippen molar-refractivity contribution in [2.45, 2.75) is 6.18 Å². The molecule has 0 radical (unpaired) electrons. The first-order valence-corrected chi connectivity index (χ1v) is 7.52. The third-order valence-corrected chi connectivity index (χ3v) is 3.64. The lowest BCUT2D eigenvalue weighted by Crippen LogP contribution is -2.04. The molecular weight excluding hydrogens is 346 g/mol. The average molecular weight is 357 g/mol. The van der Waals surface area contributed by atoms with Crippen molar-refractivity contribution in [2.75, 3.05) is 0 Å². The fourth-order valence-corrected chi connectivity index (χ4v) is 2.41. The predicted molar refractivity (Wildman–Crippen MR) is 89.0 cm³/mol. The molecule has 1 heterocycles. The molecule has 0 amide bonds. The number of alkyl halides is 3. The zero-order chi connectivity index (χ0) is 18.7. The van der Waals surface area contributed by atoms with Crippen molar-refractivity contribution in [3.63, 3.8) is 0 Å². The van der Waals surface area contributed by atoms with Crippen LogP contribution in [0.25, 0.3) is 23.0 Å². The molecule has 2 aromatic carbocycles. The maximum absolute atomic E-state index is 13.3. The highest BCUT2D eigenvalue weighted by molar-refractivity contribution is 5.88. The van der Waals surface area contributed by atoms with Gasteiger partial charge in [0.05, 0.1) is 17.2 Å². The van der Waals surface area contributed by atoms with Gasteiger partial charge in [-0.15, -0.1) is 0 Å². The highest BCUT2D eigenvalue weighted by atomic mass is 19.4. The Bertz CT molecular complexity index is 1010. The standard InChI is InChI=1S/C20H11F4NO/c21-17-6-2-3-13(10-17)15(12-25)11-18-7-8-19(26-18)14-4-1-5-16(9-14)20(22,23)24/h1-11H/b15-11-. The SMILES string of the molecule is N#C/C(=C/c1ccc(-c2cccc(C(F)(F)F)c2)o1)c1cccc(F)c1. The molecule has 0 N–H and O–H groups in total. The summed E-state index contributed by atoms with van der Waals surface area (Å²) in [7, 11) is 0. The second-order valence-corrected chi connectivity index (χ2v) is 5.46. The molecular formula is C20H11F4NO. The number of furan rings is 1. The summed E-state index contributed by atoms with van der Waals surface area (Å²) in [6, 6.07) is 15.3. The highest BCUT2D eigenvalue weighted by Crippen LogP contribution is 2.33. The zero-order valence-electron chi connectivity index (χ0n) is 13.2. The minimum atomic E-state index is -4.45. The molecule has 0 aliphatic heterocycles. The molecule has 1 aromatic heterocycles. The van der Waals surface area contributed by atoms with Crippen molar-refractivity contribution in [1.82, 2.24) is 0 Å². The molecule has 3 aromatic rings. The Morgan fingerprint density at radius 2 is 1.77 bits per heavy atom. The lowest BCUT2D eigenvalue weighted by molar-refractivity contribution is -0.137. The van der Waals surface area contributed by atoms with E-state index in [1.54, 1.807) is 6.07 Å². The number of allylic oxidation sites excluding steroid dienone is 1. The van der Waals surface area contributed by atoms with Crippen LogP contribution in [-0.2, 0) is 6.18 Å². The summed E-state index contributed by atoms with van der Waals surface area (Å²) in [6.07, 6.45) is -3.04. The van der Waals surface area contributed by atoms with Gasteiger partial charge in [-0.1, -0.05) is 24.3 Å². The summed E-state index contributed by atoms with van der Waals surface area (Å²) in [5, 5.41) is 9.27. The van der Waals surface area contributed by atoms with Gasteiger partial charge in [0.2, 0.25) is 0 Å². The Hall–Kier alpha value is -3.33. The fraction of sp³-hybridized carbons (Fsp3) is 0.0500. The van der Waals surface area contributed by atoms with Crippen LogP contribution in [0.4, 0.5) is 17.6 Å². The van der Waals surface area contributed by atoms with Gasteiger partial charge in [0.15, 0.2) is 0 Å². The Morgan fingerprint density at radius 1 is 1.00 bits per heavy atom. The van der Waals surface area contributed by atoms with Gasteiger partial charge < -0.3 is 4.42 Å². The van der Waals surface area contributed by atoms with Gasteiger partial charge in [-0.25, -0.2) is 4.39 Å². The molecule has 0 atom stereocenters. The molecule has 0 aliphatic rings. The van der Waals surface area contributed by atoms with Crippen molar-refractivity contribution in [3.05, 3.63) is 83.4 Å². The molecule has 6 heteroatoms. The van der Waals surface area contributed by atoms with Crippen LogP contribution in [0.1, 0.15) is 16.9 Å². The van der Waals surface area contributed by atoms with Crippen LogP contribution < -0.4 is 0 Å². The topological polar surface area (TPSA) is 36.9 Å². The van der Waals surface area contributed by atoms with Gasteiger partial charge in [0, 0.05) is 5.56 Å². The first-order valence-electron chi connectivity index (χ1n) is 7.52. The van der Waals surface area contributed by atoms with E-state index >= 15 is 0 Å². The number of halogens is 4. The van der Waals surface area contributed by atoms with Gasteiger partial charge in [-0.05, 0) is 48.0 Å². The number of hydrogen-bond donors (Lipinski definition) is 0. The third-order valence-electron chi connectivity index (χ3n) is 3.64. The lowest BCUT2D eigenvalue weighted by atomic mass is 10.1. The maximum atomic E-state index is 13.3. The second-order valence-electron chi connectivity index (χ2n) is 5.46. The first-order chi connectivity index (χ1) is 12.4. The van der Waals surface area contributed by atoms with Gasteiger partial charge in [0.1, 0.15) is 17.3 Å². The van der Waals surface area contributed by atoms with E-state index in [1.165, 1.54) is 48.5 Å². The smallest absolute Gasteiger partial charge is 0.416 e. The van der Waals surface area contributed by atoms with E-state index in [-0.39, 0.29) is 22.7 Å². The predicted octanol–water partition coefficient (Wildman–Crippen LogP) is 6.17. The Morgan fingerprint density at radius 3 is 2.46 bits per heavy atom. The number of nitriles is 1. The van der Waals surface area contributed by atoms with Crippen molar-refractivity contribution in [2.24, 2.45) is 0 Å². The molecule has 26 heavy (non-hydrogen) atoms. The Balaban J connectivity index is 1.94. The van der Waals surface area contributed by atoms with Crippen LogP contribution in [0.5, 0.6) is 0 Å². The average Bonchev–Trinajstić information content (AvgIpc) is 3.08. The van der Waals surface area contributed by atoms with Crippen LogP contribution in [0.2, 0.25) is 0 Å². The summed E-state index contributed by atoms with van der Waals surface area (Å²) in [5.41, 5.74) is 0.0451. The molecule has 0 aliphatic carbocycles. The van der Waals surface area contributed by atoms with E-state index in [2.05, 4.69) is 0 Å². The van der Waals surface area contributed by atoms with E-state index in [4.69, 9.17) is 4.42 Å². The van der Waals surface area contributed by atoms with Gasteiger partial charge in [-0.3, -0.25) is 0 Å². The van der Waals surface area contributed by atoms with Crippen molar-refractivity contribution >= 4 is 11.6 Å². The summed E-state index contributed by atoms with van der Waals surface area (Å²) in [6.45, 7) is 0. The molecule has 0 saturated heterocycles. The van der Waals surface area contributed by atoms with Crippen LogP contribution in [0, 0.1) is 17.1 Å². The van der Waals surface area contributed by atoms with E-state index in [1.807, 2.05) is 6.07 Å². The number of benzene rings is 2. The van der Waals surface area contributed by atoms with Crippen molar-refractivity contribution in [3.8, 4) is 17.4 Å². The normalized spacial score (nSPS) is 12.0. The molecule has 0 saturated carbocycles. The largest absolute Gasteiger partial charge is 0.457 e. The monoisotopic (exact) mass is 357 g/mol. The third kappa shape index (κ3) is 3.83. The molecule has 3 rings (SSSR count). The number of nitrogens with zero attached hydrogens (tertiary/aromatic N) is 1. The van der Waals surface area contributed by atoms with Crippen LogP contribution in [0.3, 0.4) is 0 Å². The Labute approximate surface area is 146 Å². The van der Waals surface area contributed by atoms with E-state index < -0.39 is 17.6 Å². The maximum Gasteiger partial charge on any atom is 0.416 e. The summed E-state index contributed by atoms with van der Waals surface area (Å²) >= 11 is 0. The molecule has 0 spiro atoms. The molecule has 0 unspecified atom stereocenters. The van der Waals surface area contributed by atoms with Crippen molar-refractivity contribution < 1.29 is 22.0 Å². The van der Waals surface area contributed by atoms with Crippen LogP contribution >= 0.6 is 0 Å². The molecule has 2 nitrogen and oxygen atoms in total. The zero-order valence-corrected chi connectivity index (χ0v) is 13.2. The quantitative estimate of drug-likeness (QED) is 0.415. The van der Waals surface area contributed by atoms with E-state index in [9.17, 15) is 22.8 Å².